The highest BCUT2D eigenvalue weighted by molar-refractivity contribution is 5.13. The van der Waals surface area contributed by atoms with Gasteiger partial charge in [0.25, 0.3) is 0 Å². The molecule has 1 aliphatic rings. The van der Waals surface area contributed by atoms with Gasteiger partial charge in [0.2, 0.25) is 0 Å². The zero-order valence-electron chi connectivity index (χ0n) is 11.0. The van der Waals surface area contributed by atoms with Crippen molar-refractivity contribution in [1.29, 1.82) is 0 Å². The fraction of sp³-hybridized carbons (Fsp3) is 0.714. The lowest BCUT2D eigenvalue weighted by Crippen LogP contribution is -2.35. The molecule has 0 aromatic carbocycles. The lowest BCUT2D eigenvalue weighted by Gasteiger charge is -2.23. The lowest BCUT2D eigenvalue weighted by atomic mass is 10.2. The van der Waals surface area contributed by atoms with Crippen LogP contribution in [0, 0.1) is 6.92 Å². The van der Waals surface area contributed by atoms with E-state index in [1.165, 1.54) is 31.2 Å². The van der Waals surface area contributed by atoms with Crippen LogP contribution in [0.3, 0.4) is 0 Å². The third-order valence-corrected chi connectivity index (χ3v) is 3.84. The van der Waals surface area contributed by atoms with Gasteiger partial charge in [-0.15, -0.1) is 0 Å². The first-order chi connectivity index (χ1) is 8.27. The molecular weight excluding hydrogens is 212 g/mol. The molecule has 1 fully saturated rings. The summed E-state index contributed by atoms with van der Waals surface area (Å²) in [5.41, 5.74) is 1.24. The number of likely N-dealkylation sites (N-methyl/N-ethyl adjacent to an activating group) is 1. The van der Waals surface area contributed by atoms with Crippen LogP contribution in [0.4, 0.5) is 0 Å². The number of aryl methyl sites for hydroxylation is 1. The molecule has 0 aliphatic heterocycles. The van der Waals surface area contributed by atoms with Gasteiger partial charge in [0.15, 0.2) is 0 Å². The molecular formula is C14H24N2O. The Morgan fingerprint density at radius 1 is 1.41 bits per heavy atom. The van der Waals surface area contributed by atoms with Crippen LogP contribution in [0.25, 0.3) is 0 Å². The molecule has 3 nitrogen and oxygen atoms in total. The maximum Gasteiger partial charge on any atom is 0.120 e. The number of nitrogens with zero attached hydrogens (tertiary/aromatic N) is 1. The molecule has 0 saturated heterocycles. The molecule has 0 amide bonds. The normalized spacial score (nSPS) is 17.1. The molecule has 1 aromatic rings. The molecule has 0 atom stereocenters. The number of nitrogens with one attached hydrogen (secondary N) is 1. The van der Waals surface area contributed by atoms with Crippen molar-refractivity contribution >= 4 is 0 Å². The van der Waals surface area contributed by atoms with Gasteiger partial charge in [0, 0.05) is 19.1 Å². The van der Waals surface area contributed by atoms with E-state index < -0.39 is 0 Å². The molecule has 17 heavy (non-hydrogen) atoms. The molecule has 1 N–H and O–H groups in total. The minimum atomic E-state index is 0.821. The average molecular weight is 236 g/mol. The van der Waals surface area contributed by atoms with E-state index >= 15 is 0 Å². The fourth-order valence-electron chi connectivity index (χ4n) is 2.57. The van der Waals surface area contributed by atoms with Crippen LogP contribution in [0.2, 0.25) is 0 Å². The minimum Gasteiger partial charge on any atom is -0.468 e. The molecule has 0 bridgehead atoms. The largest absolute Gasteiger partial charge is 0.468 e. The molecule has 1 aromatic heterocycles. The Morgan fingerprint density at radius 2 is 2.18 bits per heavy atom. The smallest absolute Gasteiger partial charge is 0.120 e. The van der Waals surface area contributed by atoms with Gasteiger partial charge in [-0.1, -0.05) is 12.8 Å². The highest BCUT2D eigenvalue weighted by atomic mass is 16.3. The number of hydrogen-bond donors (Lipinski definition) is 1. The Bertz CT molecular complexity index is 329. The minimum absolute atomic E-state index is 0.821. The zero-order valence-corrected chi connectivity index (χ0v) is 11.0. The van der Waals surface area contributed by atoms with E-state index in [0.717, 1.165) is 31.4 Å². The average Bonchev–Trinajstić information content (AvgIpc) is 2.96. The Morgan fingerprint density at radius 3 is 2.82 bits per heavy atom. The van der Waals surface area contributed by atoms with Crippen LogP contribution >= 0.6 is 0 Å². The highest BCUT2D eigenvalue weighted by Gasteiger charge is 2.18. The number of furan rings is 1. The van der Waals surface area contributed by atoms with E-state index in [-0.39, 0.29) is 0 Å². The summed E-state index contributed by atoms with van der Waals surface area (Å²) in [4.78, 5) is 2.50. The maximum absolute atomic E-state index is 5.40. The Hall–Kier alpha value is -0.800. The van der Waals surface area contributed by atoms with Gasteiger partial charge >= 0.3 is 0 Å². The standard InChI is InChI=1S/C14H24N2O/c1-12-7-10-17-14(12)11-15-8-9-16(2)13-5-3-4-6-13/h7,10,13,15H,3-6,8-9,11H2,1-2H3. The summed E-state index contributed by atoms with van der Waals surface area (Å²) in [6.07, 6.45) is 7.35. The molecule has 1 heterocycles. The molecule has 0 unspecified atom stereocenters. The van der Waals surface area contributed by atoms with E-state index in [1.807, 2.05) is 6.07 Å². The Balaban J connectivity index is 1.61. The summed E-state index contributed by atoms with van der Waals surface area (Å²) >= 11 is 0. The van der Waals surface area contributed by atoms with E-state index in [2.05, 4.69) is 24.2 Å². The van der Waals surface area contributed by atoms with Crippen molar-refractivity contribution in [2.24, 2.45) is 0 Å². The molecule has 1 aliphatic carbocycles. The summed E-state index contributed by atoms with van der Waals surface area (Å²) < 4.78 is 5.40. The van der Waals surface area contributed by atoms with Crippen molar-refractivity contribution in [2.45, 2.75) is 45.2 Å². The summed E-state index contributed by atoms with van der Waals surface area (Å²) in [7, 11) is 2.25. The quantitative estimate of drug-likeness (QED) is 0.769. The van der Waals surface area contributed by atoms with E-state index in [9.17, 15) is 0 Å². The molecule has 0 spiro atoms. The van der Waals surface area contributed by atoms with Crippen molar-refractivity contribution in [3.63, 3.8) is 0 Å². The topological polar surface area (TPSA) is 28.4 Å². The predicted molar refractivity (Wildman–Crippen MR) is 70.0 cm³/mol. The van der Waals surface area contributed by atoms with E-state index in [1.54, 1.807) is 6.26 Å². The second-order valence-corrected chi connectivity index (χ2v) is 5.12. The maximum atomic E-state index is 5.40. The van der Waals surface area contributed by atoms with Crippen LogP contribution < -0.4 is 5.32 Å². The van der Waals surface area contributed by atoms with Crippen LogP contribution in [-0.4, -0.2) is 31.1 Å². The van der Waals surface area contributed by atoms with Crippen LogP contribution in [-0.2, 0) is 6.54 Å². The van der Waals surface area contributed by atoms with Crippen molar-refractivity contribution in [3.05, 3.63) is 23.7 Å². The molecule has 3 heteroatoms. The van der Waals surface area contributed by atoms with E-state index in [0.29, 0.717) is 0 Å². The van der Waals surface area contributed by atoms with E-state index in [4.69, 9.17) is 4.42 Å². The van der Waals surface area contributed by atoms with Gasteiger partial charge in [-0.3, -0.25) is 0 Å². The van der Waals surface area contributed by atoms with Crippen molar-refractivity contribution in [2.75, 3.05) is 20.1 Å². The summed E-state index contributed by atoms with van der Waals surface area (Å²) in [5.74, 6) is 1.06. The number of hydrogen-bond acceptors (Lipinski definition) is 3. The van der Waals surface area contributed by atoms with Crippen LogP contribution in [0.15, 0.2) is 16.7 Å². The predicted octanol–water partition coefficient (Wildman–Crippen LogP) is 2.55. The van der Waals surface area contributed by atoms with Gasteiger partial charge in [-0.05, 0) is 38.4 Å². The highest BCUT2D eigenvalue weighted by Crippen LogP contribution is 2.21. The van der Waals surface area contributed by atoms with Gasteiger partial charge in [0.1, 0.15) is 5.76 Å². The van der Waals surface area contributed by atoms with Crippen molar-refractivity contribution in [3.8, 4) is 0 Å². The third-order valence-electron chi connectivity index (χ3n) is 3.84. The molecule has 0 radical (unpaired) electrons. The fourth-order valence-corrected chi connectivity index (χ4v) is 2.57. The summed E-state index contributed by atoms with van der Waals surface area (Å²) in [6.45, 7) is 5.10. The van der Waals surface area contributed by atoms with Crippen LogP contribution in [0.5, 0.6) is 0 Å². The van der Waals surface area contributed by atoms with Crippen molar-refractivity contribution < 1.29 is 4.42 Å². The lowest BCUT2D eigenvalue weighted by molar-refractivity contribution is 0.244. The van der Waals surface area contributed by atoms with Crippen LogP contribution in [0.1, 0.15) is 37.0 Å². The first kappa shape index (κ1) is 12.7. The summed E-state index contributed by atoms with van der Waals surface area (Å²) in [6, 6.07) is 2.84. The molecule has 1 saturated carbocycles. The summed E-state index contributed by atoms with van der Waals surface area (Å²) in [5, 5.41) is 3.45. The molecule has 96 valence electrons. The van der Waals surface area contributed by atoms with Crippen molar-refractivity contribution in [1.82, 2.24) is 10.2 Å². The van der Waals surface area contributed by atoms with Gasteiger partial charge in [0.05, 0.1) is 12.8 Å². The second-order valence-electron chi connectivity index (χ2n) is 5.12. The second kappa shape index (κ2) is 6.22. The zero-order chi connectivity index (χ0) is 12.1. The Labute approximate surface area is 104 Å². The van der Waals surface area contributed by atoms with Gasteiger partial charge < -0.3 is 14.6 Å². The molecule has 2 rings (SSSR count). The first-order valence-electron chi connectivity index (χ1n) is 6.71. The SMILES string of the molecule is Cc1ccoc1CNCCN(C)C1CCCC1. The van der Waals surface area contributed by atoms with Gasteiger partial charge in [-0.2, -0.15) is 0 Å². The first-order valence-corrected chi connectivity index (χ1v) is 6.71. The number of rotatable bonds is 6. The monoisotopic (exact) mass is 236 g/mol. The Kier molecular flexibility index (Phi) is 4.63. The third kappa shape index (κ3) is 3.58. The van der Waals surface area contributed by atoms with Gasteiger partial charge in [-0.25, -0.2) is 0 Å².